The van der Waals surface area contributed by atoms with Crippen LogP contribution in [0.25, 0.3) is 17.1 Å². The molecule has 0 saturated carbocycles. The van der Waals surface area contributed by atoms with Gasteiger partial charge in [-0.2, -0.15) is 5.10 Å². The van der Waals surface area contributed by atoms with Crippen molar-refractivity contribution in [3.8, 4) is 17.1 Å². The molecule has 0 spiro atoms. The molecule has 0 amide bonds. The van der Waals surface area contributed by atoms with Gasteiger partial charge in [0.25, 0.3) is 0 Å². The molecule has 3 aromatic rings. The van der Waals surface area contributed by atoms with Crippen LogP contribution in [0, 0.1) is 0 Å². The van der Waals surface area contributed by atoms with E-state index in [1.165, 1.54) is 4.68 Å². The predicted molar refractivity (Wildman–Crippen MR) is 80.5 cm³/mol. The van der Waals surface area contributed by atoms with Gasteiger partial charge in [-0.1, -0.05) is 53.5 Å². The van der Waals surface area contributed by atoms with Crippen LogP contribution < -0.4 is 0 Å². The van der Waals surface area contributed by atoms with Gasteiger partial charge in [0, 0.05) is 11.1 Å². The normalized spacial score (nSPS) is 10.8. The van der Waals surface area contributed by atoms with E-state index in [2.05, 4.69) is 15.3 Å². The van der Waals surface area contributed by atoms with Crippen molar-refractivity contribution >= 4 is 23.2 Å². The fourth-order valence-electron chi connectivity index (χ4n) is 1.97. The van der Waals surface area contributed by atoms with Gasteiger partial charge in [0.15, 0.2) is 11.0 Å². The van der Waals surface area contributed by atoms with Crippen LogP contribution in [0.1, 0.15) is 5.56 Å². The molecule has 0 saturated heterocycles. The Hall–Kier alpha value is -1.95. The van der Waals surface area contributed by atoms with Crippen molar-refractivity contribution < 1.29 is 5.11 Å². The van der Waals surface area contributed by atoms with Crippen molar-refractivity contribution in [1.29, 1.82) is 0 Å². The molecule has 2 heterocycles. The second kappa shape index (κ2) is 5.81. The van der Waals surface area contributed by atoms with E-state index in [9.17, 15) is 5.11 Å². The summed E-state index contributed by atoms with van der Waals surface area (Å²) in [5.74, 6) is 0.432. The maximum atomic E-state index is 9.57. The monoisotopic (exact) mass is 320 g/mol. The van der Waals surface area contributed by atoms with Gasteiger partial charge < -0.3 is 5.11 Å². The number of rotatable bonds is 3. The fourth-order valence-corrected chi connectivity index (χ4v) is 2.35. The van der Waals surface area contributed by atoms with Gasteiger partial charge >= 0.3 is 0 Å². The van der Waals surface area contributed by atoms with Crippen LogP contribution in [0.5, 0.6) is 0 Å². The van der Waals surface area contributed by atoms with Crippen LogP contribution in [0.3, 0.4) is 0 Å². The third-order valence-electron chi connectivity index (χ3n) is 2.96. The fraction of sp³-hybridized carbons (Fsp3) is 0.0714. The summed E-state index contributed by atoms with van der Waals surface area (Å²) in [6, 6.07) is 12.8. The lowest BCUT2D eigenvalue weighted by Gasteiger charge is -2.00. The number of hydrogen-bond acceptors (Lipinski definition) is 4. The van der Waals surface area contributed by atoms with E-state index < -0.39 is 0 Å². The van der Waals surface area contributed by atoms with Crippen LogP contribution in [-0.2, 0) is 6.61 Å². The molecule has 0 atom stereocenters. The van der Waals surface area contributed by atoms with Crippen molar-refractivity contribution in [1.82, 2.24) is 20.0 Å². The van der Waals surface area contributed by atoms with E-state index in [-0.39, 0.29) is 11.8 Å². The molecule has 0 fully saturated rings. The van der Waals surface area contributed by atoms with Crippen molar-refractivity contribution in [2.75, 3.05) is 0 Å². The van der Waals surface area contributed by atoms with Crippen molar-refractivity contribution in [3.05, 3.63) is 58.3 Å². The minimum Gasteiger partial charge on any atom is -0.391 e. The smallest absolute Gasteiger partial charge is 0.177 e. The first-order valence-corrected chi connectivity index (χ1v) is 6.89. The lowest BCUT2D eigenvalue weighted by Crippen LogP contribution is -2.01. The quantitative estimate of drug-likeness (QED) is 0.805. The average Bonchev–Trinajstić information content (AvgIpc) is 2.86. The largest absolute Gasteiger partial charge is 0.391 e. The van der Waals surface area contributed by atoms with Crippen LogP contribution in [0.4, 0.5) is 0 Å². The zero-order valence-electron chi connectivity index (χ0n) is 10.7. The number of nitrogens with zero attached hydrogens (tertiary/aromatic N) is 4. The van der Waals surface area contributed by atoms with Gasteiger partial charge in [-0.15, -0.1) is 10.2 Å². The molecular formula is C14H10Cl2N4O. The maximum Gasteiger partial charge on any atom is 0.177 e. The number of aliphatic hydroxyl groups excluding tert-OH is 1. The number of aromatic nitrogens is 4. The Bertz CT molecular complexity index is 757. The molecule has 106 valence electrons. The van der Waals surface area contributed by atoms with Crippen molar-refractivity contribution in [2.24, 2.45) is 0 Å². The number of hydrogen-bond donors (Lipinski definition) is 1. The predicted octanol–water partition coefficient (Wildman–Crippen LogP) is 3.13. The van der Waals surface area contributed by atoms with Gasteiger partial charge in [-0.25, -0.2) is 4.68 Å². The Morgan fingerprint density at radius 1 is 1.00 bits per heavy atom. The first kappa shape index (κ1) is 14.0. The highest BCUT2D eigenvalue weighted by molar-refractivity contribution is 6.31. The molecule has 1 aromatic carbocycles. The molecule has 3 rings (SSSR count). The van der Waals surface area contributed by atoms with E-state index in [0.717, 1.165) is 5.56 Å². The Kier molecular flexibility index (Phi) is 3.88. The zero-order valence-corrected chi connectivity index (χ0v) is 12.3. The zero-order chi connectivity index (χ0) is 14.8. The molecule has 21 heavy (non-hydrogen) atoms. The highest BCUT2D eigenvalue weighted by atomic mass is 35.5. The summed E-state index contributed by atoms with van der Waals surface area (Å²) in [4.78, 5) is 0. The first-order valence-electron chi connectivity index (χ1n) is 6.14. The molecule has 2 aromatic heterocycles. The molecule has 5 nitrogen and oxygen atoms in total. The molecule has 0 unspecified atom stereocenters. The second-order valence-electron chi connectivity index (χ2n) is 4.27. The summed E-state index contributed by atoms with van der Waals surface area (Å²) in [5.41, 5.74) is 2.02. The molecule has 7 heteroatoms. The summed E-state index contributed by atoms with van der Waals surface area (Å²) >= 11 is 12.0. The summed E-state index contributed by atoms with van der Waals surface area (Å²) in [5, 5.41) is 22.3. The Morgan fingerprint density at radius 2 is 1.76 bits per heavy atom. The molecule has 0 bridgehead atoms. The summed E-state index contributed by atoms with van der Waals surface area (Å²) in [7, 11) is 0. The minimum atomic E-state index is -0.218. The number of halogens is 2. The Balaban J connectivity index is 2.16. The van der Waals surface area contributed by atoms with E-state index >= 15 is 0 Å². The maximum absolute atomic E-state index is 9.57. The SMILES string of the molecule is OCc1c(-c2ccccc2)nn(-c2ccc(Cl)nn2)c1Cl. The van der Waals surface area contributed by atoms with E-state index in [0.29, 0.717) is 22.2 Å². The van der Waals surface area contributed by atoms with Gasteiger partial charge in [0.1, 0.15) is 5.15 Å². The van der Waals surface area contributed by atoms with Gasteiger partial charge in [0.2, 0.25) is 0 Å². The standard InChI is InChI=1S/C14H10Cl2N4O/c15-11-6-7-12(18-17-11)20-14(16)10(8-21)13(19-20)9-4-2-1-3-5-9/h1-7,21H,8H2. The van der Waals surface area contributed by atoms with Gasteiger partial charge in [0.05, 0.1) is 12.3 Å². The topological polar surface area (TPSA) is 63.8 Å². The van der Waals surface area contributed by atoms with Gasteiger partial charge in [-0.05, 0) is 12.1 Å². The van der Waals surface area contributed by atoms with Crippen LogP contribution in [0.15, 0.2) is 42.5 Å². The summed E-state index contributed by atoms with van der Waals surface area (Å²) in [6.45, 7) is -0.218. The molecule has 0 aliphatic rings. The Labute approximate surface area is 130 Å². The highest BCUT2D eigenvalue weighted by Crippen LogP contribution is 2.30. The summed E-state index contributed by atoms with van der Waals surface area (Å²) < 4.78 is 1.43. The number of aliphatic hydroxyl groups is 1. The van der Waals surface area contributed by atoms with Crippen LogP contribution in [0.2, 0.25) is 10.3 Å². The van der Waals surface area contributed by atoms with Crippen LogP contribution >= 0.6 is 23.2 Å². The molecular weight excluding hydrogens is 311 g/mol. The van der Waals surface area contributed by atoms with Crippen molar-refractivity contribution in [2.45, 2.75) is 6.61 Å². The average molecular weight is 321 g/mol. The minimum absolute atomic E-state index is 0.218. The molecule has 0 radical (unpaired) electrons. The summed E-state index contributed by atoms with van der Waals surface area (Å²) in [6.07, 6.45) is 0. The van der Waals surface area contributed by atoms with Gasteiger partial charge in [-0.3, -0.25) is 0 Å². The number of benzene rings is 1. The van der Waals surface area contributed by atoms with E-state index in [1.54, 1.807) is 12.1 Å². The van der Waals surface area contributed by atoms with Crippen LogP contribution in [-0.4, -0.2) is 25.1 Å². The first-order chi connectivity index (χ1) is 10.2. The highest BCUT2D eigenvalue weighted by Gasteiger charge is 2.18. The second-order valence-corrected chi connectivity index (χ2v) is 5.01. The third-order valence-corrected chi connectivity index (χ3v) is 3.55. The lowest BCUT2D eigenvalue weighted by molar-refractivity contribution is 0.282. The van der Waals surface area contributed by atoms with Crippen molar-refractivity contribution in [3.63, 3.8) is 0 Å². The van der Waals surface area contributed by atoms with E-state index in [4.69, 9.17) is 23.2 Å². The Morgan fingerprint density at radius 3 is 2.38 bits per heavy atom. The molecule has 0 aliphatic heterocycles. The lowest BCUT2D eigenvalue weighted by atomic mass is 10.1. The molecule has 1 N–H and O–H groups in total. The van der Waals surface area contributed by atoms with E-state index in [1.807, 2.05) is 30.3 Å². The third kappa shape index (κ3) is 2.63. The molecule has 0 aliphatic carbocycles.